The first-order chi connectivity index (χ1) is 4.97. The molecule has 2 heterocycles. The zero-order valence-corrected chi connectivity index (χ0v) is 6.58. The molecule has 0 aliphatic carbocycles. The summed E-state index contributed by atoms with van der Waals surface area (Å²) in [6.07, 6.45) is 2.75. The molecule has 1 radical (unpaired) electrons. The van der Waals surface area contributed by atoms with Gasteiger partial charge in [0.15, 0.2) is 0 Å². The van der Waals surface area contributed by atoms with Crippen molar-refractivity contribution >= 4 is 22.7 Å². The van der Waals surface area contributed by atoms with Crippen LogP contribution in [0.2, 0.25) is 0 Å². The van der Waals surface area contributed by atoms with Gasteiger partial charge in [-0.15, -0.1) is 22.7 Å². The standard InChI is InChI=1S/C6H3N2S2/c1-2-10-6(7-1)5-3-9-4-8-5/h2-4H. The van der Waals surface area contributed by atoms with E-state index in [9.17, 15) is 0 Å². The summed E-state index contributed by atoms with van der Waals surface area (Å²) in [5, 5.41) is 4.75. The molecule has 0 atom stereocenters. The van der Waals surface area contributed by atoms with Gasteiger partial charge in [-0.3, -0.25) is 0 Å². The van der Waals surface area contributed by atoms with Crippen molar-refractivity contribution in [1.29, 1.82) is 0 Å². The van der Waals surface area contributed by atoms with Crippen molar-refractivity contribution < 1.29 is 0 Å². The van der Waals surface area contributed by atoms with Crippen LogP contribution in [0, 0.1) is 6.20 Å². The van der Waals surface area contributed by atoms with Gasteiger partial charge in [0.25, 0.3) is 0 Å². The predicted octanol–water partition coefficient (Wildman–Crippen LogP) is 2.07. The number of hydrogen-bond acceptors (Lipinski definition) is 4. The highest BCUT2D eigenvalue weighted by molar-refractivity contribution is 7.13. The molecule has 0 amide bonds. The van der Waals surface area contributed by atoms with Gasteiger partial charge in [-0.05, 0) is 0 Å². The predicted molar refractivity (Wildman–Crippen MR) is 42.1 cm³/mol. The highest BCUT2D eigenvalue weighted by Gasteiger charge is 1.99. The minimum atomic E-state index is 0.946. The molecule has 2 aromatic heterocycles. The maximum Gasteiger partial charge on any atom is 0.143 e. The number of nitrogens with zero attached hydrogens (tertiary/aromatic N) is 2. The Morgan fingerprint density at radius 3 is 3.10 bits per heavy atom. The smallest absolute Gasteiger partial charge is 0.143 e. The Labute approximate surface area is 66.2 Å². The van der Waals surface area contributed by atoms with Gasteiger partial charge in [0.1, 0.15) is 16.9 Å². The molecule has 0 spiro atoms. The topological polar surface area (TPSA) is 25.8 Å². The molecule has 2 rings (SSSR count). The molecule has 0 bridgehead atoms. The van der Waals surface area contributed by atoms with Crippen LogP contribution in [0.25, 0.3) is 10.7 Å². The van der Waals surface area contributed by atoms with Gasteiger partial charge in [0.05, 0.1) is 5.51 Å². The molecule has 0 fully saturated rings. The van der Waals surface area contributed by atoms with Crippen LogP contribution in [0.4, 0.5) is 0 Å². The Morgan fingerprint density at radius 1 is 1.50 bits per heavy atom. The molecular weight excluding hydrogens is 164 g/mol. The first kappa shape index (κ1) is 6.00. The first-order valence-electron chi connectivity index (χ1n) is 2.67. The normalized spacial score (nSPS) is 10.0. The Bertz CT molecular complexity index is 253. The fourth-order valence-corrected chi connectivity index (χ4v) is 1.80. The average molecular weight is 167 g/mol. The van der Waals surface area contributed by atoms with Gasteiger partial charge < -0.3 is 0 Å². The minimum Gasteiger partial charge on any atom is -0.242 e. The Kier molecular flexibility index (Phi) is 1.49. The van der Waals surface area contributed by atoms with E-state index in [0.29, 0.717) is 0 Å². The summed E-state index contributed by atoms with van der Waals surface area (Å²) in [5.41, 5.74) is 2.76. The highest BCUT2D eigenvalue weighted by Crippen LogP contribution is 2.20. The Balaban J connectivity index is 2.48. The molecule has 0 unspecified atom stereocenters. The van der Waals surface area contributed by atoms with Crippen LogP contribution in [0.3, 0.4) is 0 Å². The molecular formula is C6H3N2S2. The number of thiazole rings is 2. The van der Waals surface area contributed by atoms with Crippen LogP contribution in [-0.4, -0.2) is 9.97 Å². The van der Waals surface area contributed by atoms with E-state index in [2.05, 4.69) is 16.2 Å². The van der Waals surface area contributed by atoms with Gasteiger partial charge in [0.2, 0.25) is 0 Å². The van der Waals surface area contributed by atoms with Crippen LogP contribution < -0.4 is 0 Å². The second-order valence-electron chi connectivity index (χ2n) is 1.66. The minimum absolute atomic E-state index is 0.946. The summed E-state index contributed by atoms with van der Waals surface area (Å²) in [6.45, 7) is 0. The SMILES string of the molecule is [c]1csc(-c2cscn2)n1. The van der Waals surface area contributed by atoms with E-state index in [4.69, 9.17) is 0 Å². The summed E-state index contributed by atoms with van der Waals surface area (Å²) in [5.74, 6) is 0. The summed E-state index contributed by atoms with van der Waals surface area (Å²) < 4.78 is 0. The summed E-state index contributed by atoms with van der Waals surface area (Å²) in [4.78, 5) is 8.10. The zero-order valence-electron chi connectivity index (χ0n) is 4.94. The lowest BCUT2D eigenvalue weighted by Gasteiger charge is -1.82. The lowest BCUT2D eigenvalue weighted by Crippen LogP contribution is -1.71. The molecule has 2 nitrogen and oxygen atoms in total. The molecule has 0 saturated carbocycles. The lowest BCUT2D eigenvalue weighted by atomic mass is 10.5. The Morgan fingerprint density at radius 2 is 2.50 bits per heavy atom. The van der Waals surface area contributed by atoms with Crippen LogP contribution >= 0.6 is 22.7 Å². The lowest BCUT2D eigenvalue weighted by molar-refractivity contribution is 1.34. The Hall–Kier alpha value is -0.740. The summed E-state index contributed by atoms with van der Waals surface area (Å²) >= 11 is 3.14. The second-order valence-corrected chi connectivity index (χ2v) is 3.23. The molecule has 0 saturated heterocycles. The van der Waals surface area contributed by atoms with Crippen molar-refractivity contribution in [2.24, 2.45) is 0 Å². The zero-order chi connectivity index (χ0) is 6.81. The van der Waals surface area contributed by atoms with Gasteiger partial charge in [-0.2, -0.15) is 0 Å². The van der Waals surface area contributed by atoms with Gasteiger partial charge in [-0.1, -0.05) is 0 Å². The van der Waals surface area contributed by atoms with Crippen molar-refractivity contribution in [3.63, 3.8) is 0 Å². The maximum atomic E-state index is 4.11. The van der Waals surface area contributed by atoms with Gasteiger partial charge >= 0.3 is 0 Å². The van der Waals surface area contributed by atoms with E-state index in [1.54, 1.807) is 28.2 Å². The van der Waals surface area contributed by atoms with Crippen LogP contribution in [0.15, 0.2) is 16.3 Å². The third-order valence-electron chi connectivity index (χ3n) is 1.04. The van der Waals surface area contributed by atoms with Crippen LogP contribution in [0.5, 0.6) is 0 Å². The number of hydrogen-bond donors (Lipinski definition) is 0. The van der Waals surface area contributed by atoms with E-state index < -0.39 is 0 Å². The highest BCUT2D eigenvalue weighted by atomic mass is 32.1. The van der Waals surface area contributed by atoms with Crippen LogP contribution in [-0.2, 0) is 0 Å². The van der Waals surface area contributed by atoms with E-state index in [1.165, 1.54) is 0 Å². The molecule has 0 aliphatic heterocycles. The number of rotatable bonds is 1. The average Bonchev–Trinajstić information content (AvgIpc) is 2.59. The third-order valence-corrected chi connectivity index (χ3v) is 2.37. The van der Waals surface area contributed by atoms with Gasteiger partial charge in [0, 0.05) is 10.8 Å². The van der Waals surface area contributed by atoms with Gasteiger partial charge in [-0.25, -0.2) is 9.97 Å². The largest absolute Gasteiger partial charge is 0.242 e. The molecule has 0 N–H and O–H groups in total. The molecule has 4 heteroatoms. The molecule has 10 heavy (non-hydrogen) atoms. The van der Waals surface area contributed by atoms with E-state index in [1.807, 2.05) is 10.8 Å². The van der Waals surface area contributed by atoms with Crippen molar-refractivity contribution in [3.8, 4) is 10.7 Å². The fourth-order valence-electron chi connectivity index (χ4n) is 0.629. The van der Waals surface area contributed by atoms with Crippen molar-refractivity contribution in [1.82, 2.24) is 9.97 Å². The summed E-state index contributed by atoms with van der Waals surface area (Å²) in [7, 11) is 0. The molecule has 0 aliphatic rings. The van der Waals surface area contributed by atoms with E-state index >= 15 is 0 Å². The fraction of sp³-hybridized carbons (Fsp3) is 0. The van der Waals surface area contributed by atoms with Crippen molar-refractivity contribution in [3.05, 3.63) is 22.5 Å². The van der Waals surface area contributed by atoms with Crippen molar-refractivity contribution in [2.75, 3.05) is 0 Å². The van der Waals surface area contributed by atoms with E-state index in [0.717, 1.165) is 10.7 Å². The van der Waals surface area contributed by atoms with Crippen molar-refractivity contribution in [2.45, 2.75) is 0 Å². The monoisotopic (exact) mass is 167 g/mol. The molecule has 0 aromatic carbocycles. The quantitative estimate of drug-likeness (QED) is 0.649. The number of aromatic nitrogens is 2. The van der Waals surface area contributed by atoms with E-state index in [-0.39, 0.29) is 0 Å². The van der Waals surface area contributed by atoms with Crippen LogP contribution in [0.1, 0.15) is 0 Å². The maximum absolute atomic E-state index is 4.11. The summed E-state index contributed by atoms with van der Waals surface area (Å²) in [6, 6.07) is 0. The molecule has 2 aromatic rings. The molecule has 49 valence electrons. The first-order valence-corrected chi connectivity index (χ1v) is 4.49. The third kappa shape index (κ3) is 0.955. The second kappa shape index (κ2) is 2.48.